The van der Waals surface area contributed by atoms with Crippen LogP contribution in [-0.4, -0.2) is 32.2 Å². The number of carbonyl (C=O) groups excluding carboxylic acids is 1. The molecule has 0 aliphatic carbocycles. The number of ether oxygens (including phenoxy) is 2. The van der Waals surface area contributed by atoms with Gasteiger partial charge in [0.15, 0.2) is 5.65 Å². The maximum atomic E-state index is 13.0. The van der Waals surface area contributed by atoms with Crippen LogP contribution in [-0.2, 0) is 16.1 Å². The largest absolute Gasteiger partial charge is 0.497 e. The van der Waals surface area contributed by atoms with Crippen LogP contribution < -0.4 is 4.74 Å². The highest BCUT2D eigenvalue weighted by Gasteiger charge is 2.22. The van der Waals surface area contributed by atoms with Crippen LogP contribution in [0.3, 0.4) is 0 Å². The zero-order chi connectivity index (χ0) is 27.9. The first-order valence-electron chi connectivity index (χ1n) is 12.7. The summed E-state index contributed by atoms with van der Waals surface area (Å²) in [6.07, 6.45) is 9.51. The smallest absolute Gasteiger partial charge is 0.326 e. The summed E-state index contributed by atoms with van der Waals surface area (Å²) in [7, 11) is 1.65. The fourth-order valence-electron chi connectivity index (χ4n) is 3.99. The van der Waals surface area contributed by atoms with Crippen molar-refractivity contribution >= 4 is 39.9 Å². The van der Waals surface area contributed by atoms with Gasteiger partial charge in [0.05, 0.1) is 18.5 Å². The van der Waals surface area contributed by atoms with Crippen LogP contribution >= 0.6 is 11.9 Å². The molecule has 0 N–H and O–H groups in total. The monoisotopic (exact) mass is 531 g/mol. The second-order valence-electron chi connectivity index (χ2n) is 9.24. The number of pyridine rings is 1. The van der Waals surface area contributed by atoms with Crippen molar-refractivity contribution in [3.8, 4) is 17.1 Å². The fourth-order valence-corrected chi connectivity index (χ4v) is 4.93. The van der Waals surface area contributed by atoms with Crippen LogP contribution in [0.15, 0.2) is 84.4 Å². The van der Waals surface area contributed by atoms with Crippen LogP contribution in [0, 0.1) is 0 Å². The van der Waals surface area contributed by atoms with Gasteiger partial charge in [0.1, 0.15) is 17.9 Å². The van der Waals surface area contributed by atoms with Gasteiger partial charge in [-0.3, -0.25) is 8.77 Å². The lowest BCUT2D eigenvalue weighted by Crippen LogP contribution is -2.26. The van der Waals surface area contributed by atoms with E-state index in [1.165, 1.54) is 0 Å². The van der Waals surface area contributed by atoms with Gasteiger partial charge in [-0.2, -0.15) is 0 Å². The first-order valence-corrected chi connectivity index (χ1v) is 13.5. The molecule has 38 heavy (non-hydrogen) atoms. The Balaban J connectivity index is 0.00000195. The predicted molar refractivity (Wildman–Crippen MR) is 160 cm³/mol. The Morgan fingerprint density at radius 1 is 1.11 bits per heavy atom. The Labute approximate surface area is 229 Å². The van der Waals surface area contributed by atoms with Crippen molar-refractivity contribution in [2.75, 3.05) is 7.11 Å². The Morgan fingerprint density at radius 2 is 1.84 bits per heavy atom. The molecular weight excluding hydrogens is 494 g/mol. The average molecular weight is 532 g/mol. The number of rotatable bonds is 8. The molecular formula is C31H37N3O3S. The van der Waals surface area contributed by atoms with Crippen LogP contribution in [0.25, 0.3) is 33.3 Å². The molecule has 0 fully saturated rings. The lowest BCUT2D eigenvalue weighted by Gasteiger charge is -2.20. The number of carbonyl (C=O) groups is 1. The highest BCUT2D eigenvalue weighted by molar-refractivity contribution is 8.02. The average Bonchev–Trinajstić information content (AvgIpc) is 3.43. The molecule has 0 bridgehead atoms. The van der Waals surface area contributed by atoms with Gasteiger partial charge in [-0.05, 0) is 88.2 Å². The molecule has 0 atom stereocenters. The number of hydrogen-bond donors (Lipinski definition) is 0. The molecule has 4 aromatic rings. The molecule has 1 aromatic carbocycles. The van der Waals surface area contributed by atoms with Crippen molar-refractivity contribution in [3.05, 3.63) is 84.4 Å². The molecule has 0 saturated carbocycles. The number of benzene rings is 1. The summed E-state index contributed by atoms with van der Waals surface area (Å²) in [6.45, 7) is 15.5. The molecule has 0 spiro atoms. The van der Waals surface area contributed by atoms with Gasteiger partial charge in [0.25, 0.3) is 0 Å². The molecule has 4 rings (SSSR count). The summed E-state index contributed by atoms with van der Waals surface area (Å²) in [5, 5.41) is 1.98. The number of hydrogen-bond acceptors (Lipinski definition) is 5. The first kappa shape index (κ1) is 28.9. The number of esters is 1. The van der Waals surface area contributed by atoms with Gasteiger partial charge in [0, 0.05) is 27.4 Å². The number of methoxy groups -OCH3 is 1. The van der Waals surface area contributed by atoms with Gasteiger partial charge in [-0.15, -0.1) is 0 Å². The normalized spacial score (nSPS) is 12.0. The van der Waals surface area contributed by atoms with Crippen molar-refractivity contribution < 1.29 is 14.3 Å². The van der Waals surface area contributed by atoms with E-state index in [9.17, 15) is 4.79 Å². The number of nitrogens with zero attached hydrogens (tertiary/aromatic N) is 3. The summed E-state index contributed by atoms with van der Waals surface area (Å²) >= 11 is 1.57. The van der Waals surface area contributed by atoms with Crippen LogP contribution in [0.4, 0.5) is 0 Å². The van der Waals surface area contributed by atoms with Gasteiger partial charge in [-0.1, -0.05) is 38.7 Å². The molecule has 6 nitrogen and oxygen atoms in total. The van der Waals surface area contributed by atoms with Gasteiger partial charge < -0.3 is 14.0 Å². The zero-order valence-corrected chi connectivity index (χ0v) is 24.1. The molecule has 3 aromatic heterocycles. The maximum Gasteiger partial charge on any atom is 0.326 e. The molecule has 0 radical (unpaired) electrons. The standard InChI is InChI=1S/C29H31N3O3S.C2H6/c1-7-9-12-23(8-2)36-32-26(17-20-11-10-15-30-28(20)32)25-18-21-16-22(34-6)13-14-24(21)31(25)19-27(33)35-29(3,4)5;1-2/h7-18H,1,19H2,2-6H3;1-2H3/b12-9-,23-8+;. The predicted octanol–water partition coefficient (Wildman–Crippen LogP) is 8.18. The quantitative estimate of drug-likeness (QED) is 0.169. The Kier molecular flexibility index (Phi) is 9.64. The molecule has 0 aliphatic rings. The van der Waals surface area contributed by atoms with E-state index < -0.39 is 5.60 Å². The topological polar surface area (TPSA) is 58.3 Å². The van der Waals surface area contributed by atoms with Crippen LogP contribution in [0.2, 0.25) is 0 Å². The highest BCUT2D eigenvalue weighted by Crippen LogP contribution is 2.38. The molecule has 3 heterocycles. The van der Waals surface area contributed by atoms with Crippen molar-refractivity contribution in [2.45, 2.75) is 53.7 Å². The lowest BCUT2D eigenvalue weighted by molar-refractivity contribution is -0.155. The van der Waals surface area contributed by atoms with E-state index in [1.807, 2.05) is 94.7 Å². The minimum absolute atomic E-state index is 0.0783. The summed E-state index contributed by atoms with van der Waals surface area (Å²) < 4.78 is 15.2. The van der Waals surface area contributed by atoms with E-state index >= 15 is 0 Å². The van der Waals surface area contributed by atoms with Crippen LogP contribution in [0.5, 0.6) is 5.75 Å². The molecule has 0 saturated heterocycles. The minimum atomic E-state index is -0.573. The van der Waals surface area contributed by atoms with E-state index in [0.29, 0.717) is 0 Å². The first-order chi connectivity index (χ1) is 18.2. The van der Waals surface area contributed by atoms with Crippen molar-refractivity contribution in [1.29, 1.82) is 0 Å². The second kappa shape index (κ2) is 12.7. The minimum Gasteiger partial charge on any atom is -0.497 e. The van der Waals surface area contributed by atoms with E-state index in [1.54, 1.807) is 31.3 Å². The lowest BCUT2D eigenvalue weighted by atomic mass is 10.2. The summed E-state index contributed by atoms with van der Waals surface area (Å²) in [6, 6.07) is 14.0. The number of allylic oxidation sites excluding steroid dienone is 4. The van der Waals surface area contributed by atoms with E-state index in [-0.39, 0.29) is 12.5 Å². The van der Waals surface area contributed by atoms with E-state index in [2.05, 4.69) is 27.7 Å². The third-order valence-corrected chi connectivity index (χ3v) is 6.61. The van der Waals surface area contributed by atoms with Crippen molar-refractivity contribution in [2.24, 2.45) is 0 Å². The summed E-state index contributed by atoms with van der Waals surface area (Å²) in [5.74, 6) is 0.458. The van der Waals surface area contributed by atoms with Gasteiger partial charge in [0.2, 0.25) is 0 Å². The van der Waals surface area contributed by atoms with Crippen molar-refractivity contribution in [3.63, 3.8) is 0 Å². The Bertz CT molecular complexity index is 1490. The Morgan fingerprint density at radius 3 is 2.50 bits per heavy atom. The highest BCUT2D eigenvalue weighted by atomic mass is 32.2. The molecule has 0 unspecified atom stereocenters. The molecule has 7 heteroatoms. The maximum absolute atomic E-state index is 13.0. The Hall–Kier alpha value is -3.71. The number of fused-ring (bicyclic) bond motifs is 2. The van der Waals surface area contributed by atoms with E-state index in [0.717, 1.165) is 44.0 Å². The molecule has 200 valence electrons. The molecule has 0 amide bonds. The van der Waals surface area contributed by atoms with Gasteiger partial charge >= 0.3 is 5.97 Å². The second-order valence-corrected chi connectivity index (χ2v) is 10.3. The fraction of sp³-hybridized carbons (Fsp3) is 0.290. The van der Waals surface area contributed by atoms with Crippen molar-refractivity contribution in [1.82, 2.24) is 13.5 Å². The summed E-state index contributed by atoms with van der Waals surface area (Å²) in [5.41, 5.74) is 3.01. The third-order valence-electron chi connectivity index (χ3n) is 5.48. The summed E-state index contributed by atoms with van der Waals surface area (Å²) in [4.78, 5) is 18.7. The molecule has 0 aliphatic heterocycles. The number of aromatic nitrogens is 3. The van der Waals surface area contributed by atoms with Gasteiger partial charge in [-0.25, -0.2) is 4.98 Å². The SMILES string of the molecule is C=C/C=C\C(=C/C)Sn1c(-c2cc3cc(OC)ccc3n2CC(=O)OC(C)(C)C)cc2cccnc21.CC. The zero-order valence-electron chi connectivity index (χ0n) is 23.3. The van der Waals surface area contributed by atoms with E-state index in [4.69, 9.17) is 9.47 Å². The third kappa shape index (κ3) is 6.58. The van der Waals surface area contributed by atoms with Crippen LogP contribution in [0.1, 0.15) is 41.5 Å².